The molecule has 9 nitrogen and oxygen atoms in total. The fourth-order valence-electron chi connectivity index (χ4n) is 5.90. The van der Waals surface area contributed by atoms with Crippen LogP contribution in [0, 0.1) is 5.92 Å². The zero-order chi connectivity index (χ0) is 33.6. The molecule has 0 saturated carbocycles. The summed E-state index contributed by atoms with van der Waals surface area (Å²) >= 11 is 5.59. The molecule has 0 spiro atoms. The number of rotatable bonds is 7. The number of hydrogen-bond donors (Lipinski definition) is 1. The predicted octanol–water partition coefficient (Wildman–Crippen LogP) is 6.58. The maximum atomic E-state index is 14.1. The first-order valence-corrected chi connectivity index (χ1v) is 17.6. The molecule has 0 unspecified atom stereocenters. The largest absolute Gasteiger partial charge is 0.462 e. The molecule has 3 amide bonds. The smallest absolute Gasteiger partial charge is 0.338 e. The molecule has 3 heterocycles. The van der Waals surface area contributed by atoms with E-state index in [0.717, 1.165) is 26.9 Å². The lowest BCUT2D eigenvalue weighted by Gasteiger charge is -2.31. The van der Waals surface area contributed by atoms with Crippen LogP contribution in [0.15, 0.2) is 87.1 Å². The van der Waals surface area contributed by atoms with E-state index in [4.69, 9.17) is 4.74 Å². The van der Waals surface area contributed by atoms with Crippen LogP contribution >= 0.6 is 39.0 Å². The first kappa shape index (κ1) is 32.9. The van der Waals surface area contributed by atoms with E-state index >= 15 is 0 Å². The number of amides is 3. The first-order chi connectivity index (χ1) is 22.4. The number of halogens is 1. The van der Waals surface area contributed by atoms with Crippen LogP contribution in [0.25, 0.3) is 0 Å². The van der Waals surface area contributed by atoms with Crippen molar-refractivity contribution in [2.24, 2.45) is 5.92 Å². The molecule has 3 aromatic carbocycles. The van der Waals surface area contributed by atoms with E-state index in [0.29, 0.717) is 26.8 Å². The highest BCUT2D eigenvalue weighted by molar-refractivity contribution is 9.10. The highest BCUT2D eigenvalue weighted by Gasteiger charge is 2.56. The second-order valence-corrected chi connectivity index (χ2v) is 15.4. The molecule has 242 valence electrons. The molecule has 2 aliphatic rings. The fourth-order valence-corrected chi connectivity index (χ4v) is 8.94. The molecule has 4 aromatic rings. The summed E-state index contributed by atoms with van der Waals surface area (Å²) in [5, 5.41) is 2.51. The van der Waals surface area contributed by atoms with Crippen LogP contribution in [0.4, 0.5) is 11.4 Å². The van der Waals surface area contributed by atoms with Crippen molar-refractivity contribution in [3.05, 3.63) is 109 Å². The Hall–Kier alpha value is -4.00. The Balaban J connectivity index is 1.35. The Bertz CT molecular complexity index is 1930. The molecule has 3 atom stereocenters. The van der Waals surface area contributed by atoms with E-state index in [1.807, 2.05) is 24.3 Å². The molecule has 47 heavy (non-hydrogen) atoms. The van der Waals surface area contributed by atoms with Crippen molar-refractivity contribution in [2.45, 2.75) is 55.8 Å². The van der Waals surface area contributed by atoms with E-state index in [2.05, 4.69) is 42.0 Å². The number of fused-ring (bicyclic) bond motifs is 2. The van der Waals surface area contributed by atoms with Crippen molar-refractivity contribution < 1.29 is 23.9 Å². The maximum absolute atomic E-state index is 14.1. The number of carbonyl (C=O) groups is 4. The number of esters is 1. The number of nitrogens with zero attached hydrogens (tertiary/aromatic N) is 2. The molecule has 1 N–H and O–H groups in total. The van der Waals surface area contributed by atoms with Gasteiger partial charge in [0.2, 0.25) is 17.7 Å². The molecule has 1 aromatic heterocycles. The number of hydrogen-bond acceptors (Lipinski definition) is 8. The van der Waals surface area contributed by atoms with Gasteiger partial charge in [-0.2, -0.15) is 0 Å². The highest BCUT2D eigenvalue weighted by Crippen LogP contribution is 2.54. The Morgan fingerprint density at radius 3 is 2.19 bits per heavy atom. The molecule has 2 aliphatic heterocycles. The average molecular weight is 735 g/mol. The van der Waals surface area contributed by atoms with Gasteiger partial charge in [0, 0.05) is 21.0 Å². The van der Waals surface area contributed by atoms with Gasteiger partial charge in [-0.3, -0.25) is 23.7 Å². The summed E-state index contributed by atoms with van der Waals surface area (Å²) in [6.07, 6.45) is 0. The van der Waals surface area contributed by atoms with Gasteiger partial charge in [-0.25, -0.2) is 9.69 Å². The molecule has 0 radical (unpaired) electrons. The number of nitrogens with one attached hydrogen (secondary N) is 1. The molecule has 0 bridgehead atoms. The summed E-state index contributed by atoms with van der Waals surface area (Å²) in [5.74, 6) is -2.87. The van der Waals surface area contributed by atoms with Gasteiger partial charge < -0.3 is 10.1 Å². The molecule has 1 fully saturated rings. The Labute approximate surface area is 288 Å². The van der Waals surface area contributed by atoms with E-state index < -0.39 is 29.0 Å². The van der Waals surface area contributed by atoms with Gasteiger partial charge in [-0.15, -0.1) is 0 Å². The number of ether oxygens (including phenoxy) is 1. The van der Waals surface area contributed by atoms with Gasteiger partial charge in [-0.1, -0.05) is 84.1 Å². The zero-order valence-electron chi connectivity index (χ0n) is 26.1. The molecule has 1 saturated heterocycles. The van der Waals surface area contributed by atoms with Crippen molar-refractivity contribution in [3.8, 4) is 0 Å². The van der Waals surface area contributed by atoms with Crippen LogP contribution in [-0.2, 0) is 31.1 Å². The highest BCUT2D eigenvalue weighted by atomic mass is 79.9. The van der Waals surface area contributed by atoms with E-state index in [9.17, 15) is 24.0 Å². The third-order valence-electron chi connectivity index (χ3n) is 8.25. The zero-order valence-corrected chi connectivity index (χ0v) is 29.3. The monoisotopic (exact) mass is 733 g/mol. The number of thiazole rings is 1. The lowest BCUT2D eigenvalue weighted by molar-refractivity contribution is -0.122. The van der Waals surface area contributed by atoms with E-state index in [1.54, 1.807) is 55.5 Å². The molecular weight excluding hydrogens is 702 g/mol. The van der Waals surface area contributed by atoms with Crippen LogP contribution < -0.4 is 15.1 Å². The number of thioether (sulfide) groups is 1. The van der Waals surface area contributed by atoms with Gasteiger partial charge in [0.1, 0.15) is 11.8 Å². The molecule has 12 heteroatoms. The standard InChI is InChI=1S/C35H32BrN3O6S2/c1-5-45-33(43)20-8-14-23(15-9-20)37-25(40)18-38-32-29(47-34(38)44)26(19-6-10-21(11-7-19)35(2,3)4)27-28(46-32)31(42)39(30(27)41)24-16-12-22(36)13-17-24/h6-17,26-28H,5,18H2,1-4H3,(H,37,40)/t26-,27+,28-/m0/s1. The van der Waals surface area contributed by atoms with Crippen molar-refractivity contribution in [1.82, 2.24) is 4.57 Å². The summed E-state index contributed by atoms with van der Waals surface area (Å²) in [6, 6.07) is 21.3. The van der Waals surface area contributed by atoms with Crippen LogP contribution in [0.3, 0.4) is 0 Å². The fraction of sp³-hybridized carbons (Fsp3) is 0.286. The first-order valence-electron chi connectivity index (χ1n) is 15.1. The summed E-state index contributed by atoms with van der Waals surface area (Å²) < 4.78 is 7.22. The number of anilines is 2. The summed E-state index contributed by atoms with van der Waals surface area (Å²) in [7, 11) is 0. The number of benzene rings is 3. The summed E-state index contributed by atoms with van der Waals surface area (Å²) in [6.45, 7) is 8.04. The minimum absolute atomic E-state index is 0.0905. The lowest BCUT2D eigenvalue weighted by atomic mass is 9.81. The molecule has 6 rings (SSSR count). The molecular formula is C35H32BrN3O6S2. The SMILES string of the molecule is CCOC(=O)c1ccc(NC(=O)Cn2c3c(sc2=O)[C@@H](c2ccc(C(C)(C)C)cc2)[C@H]2C(=O)N(c4ccc(Br)cc4)C(=O)[C@H]2S3)cc1. The van der Waals surface area contributed by atoms with Crippen molar-refractivity contribution >= 4 is 74.1 Å². The number of carbonyl (C=O) groups excluding carboxylic acids is 4. The maximum Gasteiger partial charge on any atom is 0.338 e. The Morgan fingerprint density at radius 1 is 0.915 bits per heavy atom. The second kappa shape index (κ2) is 12.9. The van der Waals surface area contributed by atoms with Gasteiger partial charge >= 0.3 is 10.8 Å². The Kier molecular flexibility index (Phi) is 9.03. The van der Waals surface area contributed by atoms with Crippen molar-refractivity contribution in [2.75, 3.05) is 16.8 Å². The summed E-state index contributed by atoms with van der Waals surface area (Å²) in [4.78, 5) is 68.4. The summed E-state index contributed by atoms with van der Waals surface area (Å²) in [5.41, 5.74) is 3.14. The van der Waals surface area contributed by atoms with Gasteiger partial charge in [0.25, 0.3) is 0 Å². The van der Waals surface area contributed by atoms with Crippen LogP contribution in [-0.4, -0.2) is 40.1 Å². The average Bonchev–Trinajstić information content (AvgIpc) is 3.47. The minimum Gasteiger partial charge on any atom is -0.462 e. The minimum atomic E-state index is -0.787. The van der Waals surface area contributed by atoms with Crippen molar-refractivity contribution in [3.63, 3.8) is 0 Å². The van der Waals surface area contributed by atoms with Gasteiger partial charge in [-0.05, 0) is 72.0 Å². The van der Waals surface area contributed by atoms with E-state index in [-0.39, 0.29) is 35.3 Å². The third kappa shape index (κ3) is 6.33. The van der Waals surface area contributed by atoms with E-state index in [1.165, 1.54) is 21.2 Å². The topological polar surface area (TPSA) is 115 Å². The normalized spacial score (nSPS) is 18.9. The van der Waals surface area contributed by atoms with Gasteiger partial charge in [0.15, 0.2) is 0 Å². The number of aromatic nitrogens is 1. The Morgan fingerprint density at radius 2 is 1.57 bits per heavy atom. The lowest BCUT2D eigenvalue weighted by Crippen LogP contribution is -2.33. The van der Waals surface area contributed by atoms with Crippen LogP contribution in [0.2, 0.25) is 0 Å². The predicted molar refractivity (Wildman–Crippen MR) is 186 cm³/mol. The van der Waals surface area contributed by atoms with Crippen LogP contribution in [0.5, 0.6) is 0 Å². The van der Waals surface area contributed by atoms with Crippen LogP contribution in [0.1, 0.15) is 60.0 Å². The second-order valence-electron chi connectivity index (χ2n) is 12.4. The number of imide groups is 1. The molecule has 0 aliphatic carbocycles. The van der Waals surface area contributed by atoms with Crippen molar-refractivity contribution in [1.29, 1.82) is 0 Å². The van der Waals surface area contributed by atoms with Gasteiger partial charge in [0.05, 0.1) is 28.8 Å². The quantitative estimate of drug-likeness (QED) is 0.169. The third-order valence-corrected chi connectivity index (χ3v) is 11.4.